The Morgan fingerprint density at radius 3 is 2.57 bits per heavy atom. The fourth-order valence-electron chi connectivity index (χ4n) is 2.50. The minimum Gasteiger partial charge on any atom is -0.362 e. The van der Waals surface area contributed by atoms with Gasteiger partial charge in [0.05, 0.1) is 12.5 Å². The number of rotatable bonds is 3. The van der Waals surface area contributed by atoms with Crippen molar-refractivity contribution in [1.82, 2.24) is 4.98 Å². The van der Waals surface area contributed by atoms with E-state index in [1.165, 1.54) is 12.3 Å². The van der Waals surface area contributed by atoms with Gasteiger partial charge in [0.15, 0.2) is 5.60 Å². The third-order valence-corrected chi connectivity index (χ3v) is 4.23. The Morgan fingerprint density at radius 2 is 2.05 bits per heavy atom. The molecular formula is C14H10BrF4NO. The minimum absolute atomic E-state index is 0.166. The smallest absolute Gasteiger partial charge is 0.320 e. The van der Waals surface area contributed by atoms with Crippen LogP contribution in [-0.4, -0.2) is 17.2 Å². The van der Waals surface area contributed by atoms with E-state index in [-0.39, 0.29) is 13.0 Å². The van der Waals surface area contributed by atoms with E-state index in [2.05, 4.69) is 20.9 Å². The Hall–Kier alpha value is -1.21. The van der Waals surface area contributed by atoms with E-state index in [1.807, 2.05) is 0 Å². The highest BCUT2D eigenvalue weighted by Crippen LogP contribution is 2.57. The molecule has 7 heteroatoms. The molecule has 21 heavy (non-hydrogen) atoms. The van der Waals surface area contributed by atoms with E-state index in [4.69, 9.17) is 4.74 Å². The first-order valence-electron chi connectivity index (χ1n) is 6.23. The quantitative estimate of drug-likeness (QED) is 0.586. The van der Waals surface area contributed by atoms with Gasteiger partial charge in [-0.15, -0.1) is 0 Å². The van der Waals surface area contributed by atoms with Gasteiger partial charge in [-0.05, 0) is 40.6 Å². The molecule has 0 saturated carbocycles. The zero-order valence-electron chi connectivity index (χ0n) is 10.6. The molecule has 1 aliphatic heterocycles. The lowest BCUT2D eigenvalue weighted by Gasteiger charge is -2.30. The summed E-state index contributed by atoms with van der Waals surface area (Å²) in [5.74, 6) is -6.36. The van der Waals surface area contributed by atoms with Crippen molar-refractivity contribution < 1.29 is 22.3 Å². The summed E-state index contributed by atoms with van der Waals surface area (Å²) in [4.78, 5) is 3.68. The molecule has 2 heterocycles. The maximum absolute atomic E-state index is 14.7. The third kappa shape index (κ3) is 2.32. The Morgan fingerprint density at radius 1 is 1.33 bits per heavy atom. The van der Waals surface area contributed by atoms with E-state index in [0.717, 1.165) is 12.1 Å². The number of epoxide rings is 1. The molecule has 2 atom stereocenters. The van der Waals surface area contributed by atoms with Gasteiger partial charge in [0, 0.05) is 16.7 Å². The van der Waals surface area contributed by atoms with Crippen molar-refractivity contribution in [2.24, 2.45) is 5.92 Å². The van der Waals surface area contributed by atoms with Crippen LogP contribution in [0.5, 0.6) is 0 Å². The lowest BCUT2D eigenvalue weighted by molar-refractivity contribution is -0.105. The number of halogens is 5. The standard InChI is InChI=1S/C14H10BrF4NO/c15-8-1-4-12(20-6-8)14(18,19)13(7-21-13)10-3-2-9(16)5-11(10)17/h1-2,4-6,10H,3,7H2. The van der Waals surface area contributed by atoms with Gasteiger partial charge < -0.3 is 4.74 Å². The summed E-state index contributed by atoms with van der Waals surface area (Å²) in [5, 5.41) is 0. The highest BCUT2D eigenvalue weighted by atomic mass is 79.9. The molecule has 1 aromatic heterocycles. The Labute approximate surface area is 126 Å². The number of alkyl halides is 2. The zero-order valence-corrected chi connectivity index (χ0v) is 12.2. The number of hydrogen-bond acceptors (Lipinski definition) is 2. The topological polar surface area (TPSA) is 25.4 Å². The van der Waals surface area contributed by atoms with E-state index in [0.29, 0.717) is 10.5 Å². The van der Waals surface area contributed by atoms with Gasteiger partial charge in [-0.25, -0.2) is 8.78 Å². The van der Waals surface area contributed by atoms with Crippen molar-refractivity contribution in [2.75, 3.05) is 6.61 Å². The van der Waals surface area contributed by atoms with Crippen molar-refractivity contribution in [3.05, 3.63) is 52.3 Å². The predicted molar refractivity (Wildman–Crippen MR) is 71.0 cm³/mol. The summed E-state index contributed by atoms with van der Waals surface area (Å²) < 4.78 is 61.7. The fourth-order valence-corrected chi connectivity index (χ4v) is 2.74. The highest BCUT2D eigenvalue weighted by molar-refractivity contribution is 9.10. The summed E-state index contributed by atoms with van der Waals surface area (Å²) in [6, 6.07) is 2.59. The molecule has 2 aliphatic rings. The SMILES string of the molecule is FC1=CCC(C2(C(F)(F)c3ccc(Br)cn3)CO2)C(F)=C1. The van der Waals surface area contributed by atoms with E-state index >= 15 is 0 Å². The predicted octanol–water partition coefficient (Wildman–Crippen LogP) is 4.43. The van der Waals surface area contributed by atoms with Gasteiger partial charge in [-0.1, -0.05) is 0 Å². The molecule has 0 spiro atoms. The summed E-state index contributed by atoms with van der Waals surface area (Å²) in [6.45, 7) is -0.293. The van der Waals surface area contributed by atoms with E-state index < -0.39 is 34.8 Å². The molecule has 2 unspecified atom stereocenters. The number of hydrogen-bond donors (Lipinski definition) is 0. The van der Waals surface area contributed by atoms with E-state index in [1.54, 1.807) is 0 Å². The van der Waals surface area contributed by atoms with Crippen LogP contribution < -0.4 is 0 Å². The van der Waals surface area contributed by atoms with Crippen molar-refractivity contribution in [3.8, 4) is 0 Å². The van der Waals surface area contributed by atoms with Crippen molar-refractivity contribution in [2.45, 2.75) is 17.9 Å². The first-order valence-corrected chi connectivity index (χ1v) is 7.03. The number of nitrogens with zero attached hydrogens (tertiary/aromatic N) is 1. The van der Waals surface area contributed by atoms with Crippen LogP contribution in [0.15, 0.2) is 46.6 Å². The molecule has 2 nitrogen and oxygen atoms in total. The highest BCUT2D eigenvalue weighted by Gasteiger charge is 2.70. The molecule has 1 fully saturated rings. The summed E-state index contributed by atoms with van der Waals surface area (Å²) in [5.41, 5.74) is -2.49. The Balaban J connectivity index is 1.95. The number of pyridine rings is 1. The van der Waals surface area contributed by atoms with Gasteiger partial charge in [0.25, 0.3) is 0 Å². The van der Waals surface area contributed by atoms with Gasteiger partial charge in [-0.3, -0.25) is 4.98 Å². The average molecular weight is 364 g/mol. The molecule has 3 rings (SSSR count). The van der Waals surface area contributed by atoms with Gasteiger partial charge in [0.1, 0.15) is 17.3 Å². The van der Waals surface area contributed by atoms with Gasteiger partial charge in [0.2, 0.25) is 0 Å². The van der Waals surface area contributed by atoms with Crippen LogP contribution in [0.1, 0.15) is 12.1 Å². The summed E-state index contributed by atoms with van der Waals surface area (Å²) in [6.07, 6.45) is 2.79. The molecule has 1 saturated heterocycles. The lowest BCUT2D eigenvalue weighted by Crippen LogP contribution is -2.42. The summed E-state index contributed by atoms with van der Waals surface area (Å²) >= 11 is 3.11. The normalized spacial score (nSPS) is 28.9. The molecule has 1 aliphatic carbocycles. The minimum atomic E-state index is -3.47. The van der Waals surface area contributed by atoms with Crippen LogP contribution in [0.3, 0.4) is 0 Å². The first-order chi connectivity index (χ1) is 9.87. The average Bonchev–Trinajstić information content (AvgIpc) is 3.21. The molecule has 0 bridgehead atoms. The van der Waals surface area contributed by atoms with Crippen molar-refractivity contribution in [3.63, 3.8) is 0 Å². The number of allylic oxidation sites excluding steroid dienone is 3. The van der Waals surface area contributed by atoms with E-state index in [9.17, 15) is 17.6 Å². The van der Waals surface area contributed by atoms with Crippen molar-refractivity contribution >= 4 is 15.9 Å². The molecule has 1 aromatic rings. The Kier molecular flexibility index (Phi) is 3.44. The molecular weight excluding hydrogens is 354 g/mol. The fraction of sp³-hybridized carbons (Fsp3) is 0.357. The number of ether oxygens (including phenoxy) is 1. The largest absolute Gasteiger partial charge is 0.362 e. The van der Waals surface area contributed by atoms with Gasteiger partial charge in [-0.2, -0.15) is 8.78 Å². The third-order valence-electron chi connectivity index (χ3n) is 3.76. The van der Waals surface area contributed by atoms with Gasteiger partial charge >= 0.3 is 5.92 Å². The van der Waals surface area contributed by atoms with Crippen LogP contribution in [0.4, 0.5) is 17.6 Å². The second-order valence-corrected chi connectivity index (χ2v) is 5.94. The maximum Gasteiger partial charge on any atom is 0.320 e. The lowest BCUT2D eigenvalue weighted by atomic mass is 9.80. The van der Waals surface area contributed by atoms with Crippen LogP contribution in [0, 0.1) is 5.92 Å². The second kappa shape index (κ2) is 4.91. The summed E-state index contributed by atoms with van der Waals surface area (Å²) in [7, 11) is 0. The second-order valence-electron chi connectivity index (χ2n) is 5.02. The van der Waals surface area contributed by atoms with Crippen LogP contribution in [0.2, 0.25) is 0 Å². The molecule has 0 N–H and O–H groups in total. The number of aromatic nitrogens is 1. The molecule has 0 aromatic carbocycles. The van der Waals surface area contributed by atoms with Crippen LogP contribution >= 0.6 is 15.9 Å². The van der Waals surface area contributed by atoms with Crippen molar-refractivity contribution in [1.29, 1.82) is 0 Å². The monoisotopic (exact) mass is 363 g/mol. The van der Waals surface area contributed by atoms with Crippen LogP contribution in [0.25, 0.3) is 0 Å². The molecule has 0 amide bonds. The Bertz CT molecular complexity index is 622. The molecule has 112 valence electrons. The maximum atomic E-state index is 14.7. The molecule has 0 radical (unpaired) electrons. The zero-order chi connectivity index (χ0) is 15.3. The first kappa shape index (κ1) is 14.7. The van der Waals surface area contributed by atoms with Crippen LogP contribution in [-0.2, 0) is 10.7 Å².